The molecule has 0 amide bonds. The van der Waals surface area contributed by atoms with Gasteiger partial charge in [-0.2, -0.15) is 0 Å². The summed E-state index contributed by atoms with van der Waals surface area (Å²) in [5, 5.41) is 14.3. The van der Waals surface area contributed by atoms with E-state index in [-0.39, 0.29) is 10.6 Å². The molecule has 0 unspecified atom stereocenters. The Kier molecular flexibility index (Phi) is 3.07. The first kappa shape index (κ1) is 13.8. The zero-order valence-corrected chi connectivity index (χ0v) is 12.3. The van der Waals surface area contributed by atoms with Crippen molar-refractivity contribution in [3.8, 4) is 0 Å². The molecule has 4 heteroatoms. The fourth-order valence-electron chi connectivity index (χ4n) is 3.07. The zero-order chi connectivity index (χ0) is 14.4. The first-order chi connectivity index (χ1) is 8.69. The lowest BCUT2D eigenvalue weighted by atomic mass is 10.0. The topological polar surface area (TPSA) is 55.2 Å². The molecular formula is C15H22N2O2. The average Bonchev–Trinajstić information content (AvgIpc) is 2.68. The average molecular weight is 262 g/mol. The predicted octanol–water partition coefficient (Wildman–Crippen LogP) is 4.00. The highest BCUT2D eigenvalue weighted by molar-refractivity contribution is 5.59. The molecule has 1 aromatic carbocycles. The summed E-state index contributed by atoms with van der Waals surface area (Å²) in [5.41, 5.74) is 2.42. The van der Waals surface area contributed by atoms with Gasteiger partial charge in [0.2, 0.25) is 0 Å². The second-order valence-corrected chi connectivity index (χ2v) is 6.58. The van der Waals surface area contributed by atoms with Crippen LogP contribution in [0.4, 0.5) is 11.4 Å². The molecule has 0 aromatic heterocycles. The minimum Gasteiger partial charge on any atom is -0.384 e. The number of anilines is 1. The van der Waals surface area contributed by atoms with E-state index in [1.165, 1.54) is 0 Å². The van der Waals surface area contributed by atoms with E-state index in [2.05, 4.69) is 33.0 Å². The first-order valence-corrected chi connectivity index (χ1v) is 6.67. The van der Waals surface area contributed by atoms with Crippen molar-refractivity contribution < 1.29 is 4.92 Å². The molecule has 0 bridgehead atoms. The quantitative estimate of drug-likeness (QED) is 0.659. The number of nitro benzene ring substituents is 1. The third-order valence-corrected chi connectivity index (χ3v) is 5.32. The van der Waals surface area contributed by atoms with Crippen LogP contribution in [0, 0.1) is 33.8 Å². The van der Waals surface area contributed by atoms with Crippen LogP contribution in [0.15, 0.2) is 18.2 Å². The Labute approximate surface area is 114 Å². The SMILES string of the molecule is Cc1c(NCC2C(C)(C)C2(C)C)cccc1[N+](=O)[O-]. The number of rotatable bonds is 4. The van der Waals surface area contributed by atoms with Crippen molar-refractivity contribution in [2.45, 2.75) is 34.6 Å². The lowest BCUT2D eigenvalue weighted by Gasteiger charge is -2.10. The molecule has 1 aromatic rings. The number of benzene rings is 1. The van der Waals surface area contributed by atoms with E-state index in [1.807, 2.05) is 6.07 Å². The van der Waals surface area contributed by atoms with Gasteiger partial charge >= 0.3 is 0 Å². The minimum atomic E-state index is -0.328. The van der Waals surface area contributed by atoms with Crippen LogP contribution in [-0.2, 0) is 0 Å². The lowest BCUT2D eigenvalue weighted by Crippen LogP contribution is -2.09. The summed E-state index contributed by atoms with van der Waals surface area (Å²) in [6.07, 6.45) is 0. The van der Waals surface area contributed by atoms with Gasteiger partial charge in [0.1, 0.15) is 0 Å². The van der Waals surface area contributed by atoms with E-state index >= 15 is 0 Å². The molecule has 0 aliphatic heterocycles. The van der Waals surface area contributed by atoms with Crippen LogP contribution in [0.25, 0.3) is 0 Å². The molecule has 104 valence electrons. The molecule has 0 heterocycles. The number of nitrogens with one attached hydrogen (secondary N) is 1. The maximum absolute atomic E-state index is 10.9. The van der Waals surface area contributed by atoms with Crippen molar-refractivity contribution in [1.29, 1.82) is 0 Å². The van der Waals surface area contributed by atoms with Gasteiger partial charge in [0.05, 0.1) is 4.92 Å². The highest BCUT2D eigenvalue weighted by Crippen LogP contribution is 2.68. The Hall–Kier alpha value is -1.58. The van der Waals surface area contributed by atoms with Crippen LogP contribution in [0.3, 0.4) is 0 Å². The third-order valence-electron chi connectivity index (χ3n) is 5.32. The summed E-state index contributed by atoms with van der Waals surface area (Å²) in [5.74, 6) is 0.596. The van der Waals surface area contributed by atoms with Crippen LogP contribution < -0.4 is 5.32 Å². The van der Waals surface area contributed by atoms with Gasteiger partial charge < -0.3 is 5.32 Å². The van der Waals surface area contributed by atoms with Crippen LogP contribution >= 0.6 is 0 Å². The van der Waals surface area contributed by atoms with Crippen molar-refractivity contribution >= 4 is 11.4 Å². The van der Waals surface area contributed by atoms with Crippen molar-refractivity contribution in [3.63, 3.8) is 0 Å². The number of hydrogen-bond acceptors (Lipinski definition) is 3. The summed E-state index contributed by atoms with van der Waals surface area (Å²) in [4.78, 5) is 10.6. The number of nitro groups is 1. The molecule has 0 radical (unpaired) electrons. The van der Waals surface area contributed by atoms with E-state index in [1.54, 1.807) is 19.1 Å². The fourth-order valence-corrected chi connectivity index (χ4v) is 3.07. The summed E-state index contributed by atoms with van der Waals surface area (Å²) < 4.78 is 0. The molecule has 1 N–H and O–H groups in total. The Bertz CT molecular complexity index is 507. The van der Waals surface area contributed by atoms with Crippen LogP contribution in [0.1, 0.15) is 33.3 Å². The van der Waals surface area contributed by atoms with Crippen molar-refractivity contribution in [2.24, 2.45) is 16.7 Å². The summed E-state index contributed by atoms with van der Waals surface area (Å²) in [6.45, 7) is 11.8. The minimum absolute atomic E-state index is 0.180. The molecule has 1 fully saturated rings. The van der Waals surface area contributed by atoms with Gasteiger partial charge in [-0.05, 0) is 29.7 Å². The molecular weight excluding hydrogens is 240 g/mol. The second-order valence-electron chi connectivity index (χ2n) is 6.58. The van der Waals surface area contributed by atoms with Crippen molar-refractivity contribution in [2.75, 3.05) is 11.9 Å². The standard InChI is InChI=1S/C15H22N2O2/c1-10-11(7-6-8-12(10)17(18)19)16-9-13-14(2,3)15(13,4)5/h6-8,13,16H,9H2,1-5H3. The molecule has 1 saturated carbocycles. The molecule has 0 saturated heterocycles. The number of nitrogens with zero attached hydrogens (tertiary/aromatic N) is 1. The lowest BCUT2D eigenvalue weighted by molar-refractivity contribution is -0.385. The van der Waals surface area contributed by atoms with Crippen LogP contribution in [0.2, 0.25) is 0 Å². The molecule has 1 aliphatic carbocycles. The van der Waals surface area contributed by atoms with Crippen LogP contribution in [0.5, 0.6) is 0 Å². The highest BCUT2D eigenvalue weighted by atomic mass is 16.6. The smallest absolute Gasteiger partial charge is 0.274 e. The van der Waals surface area contributed by atoms with E-state index < -0.39 is 0 Å². The van der Waals surface area contributed by atoms with Gasteiger partial charge in [0.15, 0.2) is 0 Å². The Morgan fingerprint density at radius 3 is 2.32 bits per heavy atom. The maximum atomic E-state index is 10.9. The van der Waals surface area contributed by atoms with Gasteiger partial charge in [-0.3, -0.25) is 10.1 Å². The molecule has 4 nitrogen and oxygen atoms in total. The Morgan fingerprint density at radius 1 is 1.26 bits per heavy atom. The molecule has 0 spiro atoms. The van der Waals surface area contributed by atoms with Gasteiger partial charge in [0, 0.05) is 23.9 Å². The van der Waals surface area contributed by atoms with Crippen molar-refractivity contribution in [1.82, 2.24) is 0 Å². The molecule has 0 atom stereocenters. The molecule has 19 heavy (non-hydrogen) atoms. The molecule has 2 rings (SSSR count). The normalized spacial score (nSPS) is 20.1. The monoisotopic (exact) mass is 262 g/mol. The fraction of sp³-hybridized carbons (Fsp3) is 0.600. The summed E-state index contributed by atoms with van der Waals surface area (Å²) >= 11 is 0. The predicted molar refractivity (Wildman–Crippen MR) is 77.4 cm³/mol. The van der Waals surface area contributed by atoms with Gasteiger partial charge in [-0.25, -0.2) is 0 Å². The second kappa shape index (κ2) is 4.22. The summed E-state index contributed by atoms with van der Waals surface area (Å²) in [7, 11) is 0. The summed E-state index contributed by atoms with van der Waals surface area (Å²) in [6, 6.07) is 5.19. The van der Waals surface area contributed by atoms with E-state index in [9.17, 15) is 10.1 Å². The highest BCUT2D eigenvalue weighted by Gasteiger charge is 2.64. The third kappa shape index (κ3) is 2.09. The largest absolute Gasteiger partial charge is 0.384 e. The van der Waals surface area contributed by atoms with Crippen LogP contribution in [-0.4, -0.2) is 11.5 Å². The van der Waals surface area contributed by atoms with Crippen molar-refractivity contribution in [3.05, 3.63) is 33.9 Å². The van der Waals surface area contributed by atoms with E-state index in [0.29, 0.717) is 22.3 Å². The van der Waals surface area contributed by atoms with E-state index in [0.717, 1.165) is 12.2 Å². The Balaban J connectivity index is 2.10. The molecule has 1 aliphatic rings. The Morgan fingerprint density at radius 2 is 1.84 bits per heavy atom. The van der Waals surface area contributed by atoms with E-state index in [4.69, 9.17) is 0 Å². The number of hydrogen-bond donors (Lipinski definition) is 1. The zero-order valence-electron chi connectivity index (χ0n) is 12.3. The van der Waals surface area contributed by atoms with Gasteiger partial charge in [-0.15, -0.1) is 0 Å². The van der Waals surface area contributed by atoms with Gasteiger partial charge in [0.25, 0.3) is 5.69 Å². The van der Waals surface area contributed by atoms with Gasteiger partial charge in [-0.1, -0.05) is 33.8 Å². The maximum Gasteiger partial charge on any atom is 0.274 e. The first-order valence-electron chi connectivity index (χ1n) is 6.67.